The number of likely N-dealkylation sites (tertiary alicyclic amines) is 1. The molecule has 2 fully saturated rings. The summed E-state index contributed by atoms with van der Waals surface area (Å²) in [5.41, 5.74) is 3.06. The van der Waals surface area contributed by atoms with Gasteiger partial charge in [-0.15, -0.1) is 11.3 Å². The van der Waals surface area contributed by atoms with Crippen molar-refractivity contribution >= 4 is 39.7 Å². The van der Waals surface area contributed by atoms with Gasteiger partial charge in [0.25, 0.3) is 5.91 Å². The number of nitrogens with zero attached hydrogens (tertiary/aromatic N) is 6. The summed E-state index contributed by atoms with van der Waals surface area (Å²) in [5.74, 6) is 0.407. The van der Waals surface area contributed by atoms with Gasteiger partial charge in [0.2, 0.25) is 0 Å². The van der Waals surface area contributed by atoms with Crippen molar-refractivity contribution in [2.75, 3.05) is 56.5 Å². The number of thiazole rings is 1. The Morgan fingerprint density at radius 3 is 2.69 bits per heavy atom. The number of rotatable bonds is 6. The Labute approximate surface area is 230 Å². The fourth-order valence-electron chi connectivity index (χ4n) is 5.19. The topological polar surface area (TPSA) is 110 Å². The van der Waals surface area contributed by atoms with Gasteiger partial charge in [-0.05, 0) is 38.1 Å². The third-order valence-electron chi connectivity index (χ3n) is 7.42. The number of benzene rings is 1. The maximum atomic E-state index is 13.2. The molecule has 0 radical (unpaired) electrons. The van der Waals surface area contributed by atoms with Crippen LogP contribution in [0, 0.1) is 0 Å². The fraction of sp³-hybridized carbons (Fsp3) is 0.407. The van der Waals surface area contributed by atoms with Gasteiger partial charge in [-0.2, -0.15) is 0 Å². The minimum absolute atomic E-state index is 0.171. The summed E-state index contributed by atoms with van der Waals surface area (Å²) in [6.07, 6.45) is 5.51. The molecule has 5 heterocycles. The second-order valence-electron chi connectivity index (χ2n) is 10.0. The highest BCUT2D eigenvalue weighted by Gasteiger charge is 2.22. The van der Waals surface area contributed by atoms with Crippen LogP contribution in [0.15, 0.2) is 46.8 Å². The number of anilines is 2. The molecule has 0 bridgehead atoms. The van der Waals surface area contributed by atoms with E-state index in [1.165, 1.54) is 11.3 Å². The Hall–Kier alpha value is -3.74. The van der Waals surface area contributed by atoms with Crippen molar-refractivity contribution in [2.45, 2.75) is 18.9 Å². The van der Waals surface area contributed by atoms with Crippen molar-refractivity contribution in [3.8, 4) is 10.9 Å². The Kier molecular flexibility index (Phi) is 7.07. The van der Waals surface area contributed by atoms with E-state index >= 15 is 0 Å². The number of amides is 1. The number of nitrogens with one attached hydrogen (secondary N) is 2. The van der Waals surface area contributed by atoms with Gasteiger partial charge in [0.15, 0.2) is 5.13 Å². The fourth-order valence-corrected chi connectivity index (χ4v) is 6.00. The lowest BCUT2D eigenvalue weighted by atomic mass is 10.1. The second-order valence-corrected chi connectivity index (χ2v) is 10.9. The van der Waals surface area contributed by atoms with Gasteiger partial charge in [0.1, 0.15) is 17.5 Å². The van der Waals surface area contributed by atoms with Crippen molar-refractivity contribution in [1.82, 2.24) is 29.3 Å². The quantitative estimate of drug-likeness (QED) is 0.378. The van der Waals surface area contributed by atoms with E-state index in [4.69, 9.17) is 4.74 Å². The van der Waals surface area contributed by atoms with E-state index < -0.39 is 0 Å². The summed E-state index contributed by atoms with van der Waals surface area (Å²) >= 11 is 1.26. The molecule has 39 heavy (non-hydrogen) atoms. The predicted octanol–water partition coefficient (Wildman–Crippen LogP) is 2.32. The third kappa shape index (κ3) is 5.14. The molecule has 0 spiro atoms. The lowest BCUT2D eigenvalue weighted by Crippen LogP contribution is -2.43. The first-order chi connectivity index (χ1) is 19.0. The number of pyridine rings is 1. The van der Waals surface area contributed by atoms with Gasteiger partial charge in [0.05, 0.1) is 28.6 Å². The smallest absolute Gasteiger partial charge is 0.335 e. The van der Waals surface area contributed by atoms with Crippen molar-refractivity contribution in [2.24, 2.45) is 7.05 Å². The Bertz CT molecular complexity index is 1550. The third-order valence-corrected chi connectivity index (χ3v) is 8.24. The second kappa shape index (κ2) is 10.8. The first-order valence-electron chi connectivity index (χ1n) is 13.2. The monoisotopic (exact) mass is 548 g/mol. The average Bonchev–Trinajstić information content (AvgIpc) is 3.54. The number of carbonyl (C=O) groups excluding carboxylic acids is 1. The van der Waals surface area contributed by atoms with Gasteiger partial charge >= 0.3 is 5.69 Å². The summed E-state index contributed by atoms with van der Waals surface area (Å²) in [4.78, 5) is 39.7. The first-order valence-corrected chi connectivity index (χ1v) is 14.1. The van der Waals surface area contributed by atoms with Gasteiger partial charge in [0, 0.05) is 64.0 Å². The maximum Gasteiger partial charge on any atom is 0.335 e. The van der Waals surface area contributed by atoms with E-state index in [1.807, 2.05) is 24.3 Å². The van der Waals surface area contributed by atoms with E-state index in [0.29, 0.717) is 16.3 Å². The van der Waals surface area contributed by atoms with Crippen molar-refractivity contribution in [1.29, 1.82) is 0 Å². The van der Waals surface area contributed by atoms with Crippen molar-refractivity contribution in [3.63, 3.8) is 0 Å². The molecule has 6 rings (SSSR count). The molecule has 1 aromatic carbocycles. The highest BCUT2D eigenvalue weighted by atomic mass is 32.1. The first kappa shape index (κ1) is 25.5. The molecule has 0 aliphatic carbocycles. The molecule has 12 heteroatoms. The Morgan fingerprint density at radius 2 is 1.90 bits per heavy atom. The average molecular weight is 549 g/mol. The van der Waals surface area contributed by atoms with Crippen LogP contribution >= 0.6 is 11.3 Å². The largest absolute Gasteiger partial charge is 0.490 e. The van der Waals surface area contributed by atoms with Crippen LogP contribution in [0.3, 0.4) is 0 Å². The lowest BCUT2D eigenvalue weighted by Gasteiger charge is -2.30. The van der Waals surface area contributed by atoms with Crippen LogP contribution in [0.4, 0.5) is 11.4 Å². The van der Waals surface area contributed by atoms with E-state index in [9.17, 15) is 9.59 Å². The molecule has 0 atom stereocenters. The minimum Gasteiger partial charge on any atom is -0.490 e. The number of fused-ring (bicyclic) bond motifs is 1. The van der Waals surface area contributed by atoms with E-state index in [2.05, 4.69) is 37.4 Å². The molecule has 1 amide bonds. The molecule has 11 nitrogen and oxygen atoms in total. The maximum absolute atomic E-state index is 13.2. The van der Waals surface area contributed by atoms with Crippen LogP contribution in [-0.2, 0) is 7.05 Å². The summed E-state index contributed by atoms with van der Waals surface area (Å²) in [7, 11) is 3.86. The predicted molar refractivity (Wildman–Crippen MR) is 153 cm³/mol. The molecule has 4 aromatic rings. The number of aryl methyl sites for hydroxylation is 1. The summed E-state index contributed by atoms with van der Waals surface area (Å²) in [6.45, 7) is 5.50. The number of hydrogen-bond acceptors (Lipinski definition) is 9. The summed E-state index contributed by atoms with van der Waals surface area (Å²) in [6, 6.07) is 7.61. The zero-order valence-electron chi connectivity index (χ0n) is 22.1. The number of imidazole rings is 1. The Balaban J connectivity index is 1.23. The van der Waals surface area contributed by atoms with E-state index in [-0.39, 0.29) is 23.4 Å². The van der Waals surface area contributed by atoms with Gasteiger partial charge in [-0.3, -0.25) is 14.3 Å². The zero-order chi connectivity index (χ0) is 26.9. The molecule has 2 aliphatic heterocycles. The molecule has 204 valence electrons. The van der Waals surface area contributed by atoms with Crippen LogP contribution in [0.25, 0.3) is 16.2 Å². The molecule has 0 unspecified atom stereocenters. The lowest BCUT2D eigenvalue weighted by molar-refractivity contribution is 0.102. The summed E-state index contributed by atoms with van der Waals surface area (Å²) in [5, 5.41) is 8.42. The Morgan fingerprint density at radius 1 is 1.10 bits per heavy atom. The van der Waals surface area contributed by atoms with E-state index in [0.717, 1.165) is 69.1 Å². The van der Waals surface area contributed by atoms with Gasteiger partial charge < -0.3 is 25.2 Å². The molecule has 2 aliphatic rings. The van der Waals surface area contributed by atoms with Crippen LogP contribution in [-0.4, -0.2) is 82.3 Å². The standard InChI is InChI=1S/C27H32N8O3S/c1-32-11-6-18(7-12-32)38-19-3-4-23-24(15-19)33(2)27(37)35(23)26-31-21(17-39-26)25(36)30-20-16-29-8-5-22(20)34-13-9-28-10-14-34/h3-5,8,15-18,28H,6-7,9-14H2,1-2H3,(H,30,36). The van der Waals surface area contributed by atoms with Crippen LogP contribution < -0.4 is 26.0 Å². The number of hydrogen-bond donors (Lipinski definition) is 2. The number of piperidine rings is 1. The normalized spacial score (nSPS) is 17.0. The van der Waals surface area contributed by atoms with Crippen LogP contribution in [0.5, 0.6) is 5.75 Å². The van der Waals surface area contributed by atoms with Crippen molar-refractivity contribution in [3.05, 3.63) is 58.2 Å². The van der Waals surface area contributed by atoms with Crippen molar-refractivity contribution < 1.29 is 9.53 Å². The van der Waals surface area contributed by atoms with Crippen LogP contribution in [0.2, 0.25) is 0 Å². The van der Waals surface area contributed by atoms with Crippen LogP contribution in [0.1, 0.15) is 23.3 Å². The molecule has 3 aromatic heterocycles. The van der Waals surface area contributed by atoms with Gasteiger partial charge in [-0.1, -0.05) is 0 Å². The van der Waals surface area contributed by atoms with E-state index in [1.54, 1.807) is 34.0 Å². The number of piperazine rings is 1. The molecular weight excluding hydrogens is 516 g/mol. The number of carbonyl (C=O) groups is 1. The highest BCUT2D eigenvalue weighted by molar-refractivity contribution is 7.12. The molecule has 0 saturated carbocycles. The molecule has 2 saturated heterocycles. The SMILES string of the molecule is CN1CCC(Oc2ccc3c(c2)n(C)c(=O)n3-c2nc(C(=O)Nc3cnccc3N3CCNCC3)cs2)CC1. The molecular formula is C27H32N8O3S. The summed E-state index contributed by atoms with van der Waals surface area (Å²) < 4.78 is 9.38. The minimum atomic E-state index is -0.344. The number of aromatic nitrogens is 4. The zero-order valence-corrected chi connectivity index (χ0v) is 22.9. The number of ether oxygens (including phenoxy) is 1. The molecule has 2 N–H and O–H groups in total. The highest BCUT2D eigenvalue weighted by Crippen LogP contribution is 2.28. The van der Waals surface area contributed by atoms with Gasteiger partial charge in [-0.25, -0.2) is 14.3 Å².